The molecule has 2 rings (SSSR count). The number of aliphatic imine (C=N–C) groups is 1. The van der Waals surface area contributed by atoms with E-state index >= 15 is 0 Å². The third-order valence-corrected chi connectivity index (χ3v) is 4.27. The van der Waals surface area contributed by atoms with Gasteiger partial charge in [0, 0.05) is 33.3 Å². The van der Waals surface area contributed by atoms with Crippen molar-refractivity contribution in [3.63, 3.8) is 0 Å². The highest BCUT2D eigenvalue weighted by Crippen LogP contribution is 2.34. The Morgan fingerprint density at radius 3 is 2.60 bits per heavy atom. The molecule has 2 N–H and O–H groups in total. The number of methoxy groups -OCH3 is 1. The van der Waals surface area contributed by atoms with Crippen molar-refractivity contribution in [2.75, 3.05) is 39.9 Å². The fourth-order valence-electron chi connectivity index (χ4n) is 3.23. The van der Waals surface area contributed by atoms with Crippen molar-refractivity contribution in [3.05, 3.63) is 0 Å². The van der Waals surface area contributed by atoms with Gasteiger partial charge in [-0.05, 0) is 18.8 Å². The van der Waals surface area contributed by atoms with Gasteiger partial charge in [-0.1, -0.05) is 13.8 Å². The molecule has 0 aromatic carbocycles. The molecule has 6 nitrogen and oxygen atoms in total. The predicted molar refractivity (Wildman–Crippen MR) is 78.8 cm³/mol. The lowest BCUT2D eigenvalue weighted by molar-refractivity contribution is 0.0751. The Kier molecular flexibility index (Phi) is 4.65. The number of carbonyl (C=O) groups is 1. The number of carbonyl (C=O) groups excluding carboxylic acids is 1. The zero-order valence-electron chi connectivity index (χ0n) is 12.8. The van der Waals surface area contributed by atoms with Gasteiger partial charge in [-0.3, -0.25) is 0 Å². The number of piperidine rings is 1. The van der Waals surface area contributed by atoms with Gasteiger partial charge in [-0.25, -0.2) is 4.79 Å². The highest BCUT2D eigenvalue weighted by atomic mass is 16.5. The van der Waals surface area contributed by atoms with Crippen LogP contribution in [0, 0.1) is 5.92 Å². The Morgan fingerprint density at radius 1 is 1.40 bits per heavy atom. The molecule has 0 radical (unpaired) electrons. The second-order valence-electron chi connectivity index (χ2n) is 6.15. The summed E-state index contributed by atoms with van der Waals surface area (Å²) in [5.74, 6) is 1.15. The standard InChI is InChI=1S/C14H26N4O2/c1-11(2)10-17-6-4-14(5-7-17)12(15)16-13(19)18(14)8-9-20-3/h11H,4-10H2,1-3H3,(H2,15,16,19). The van der Waals surface area contributed by atoms with Crippen molar-refractivity contribution >= 4 is 11.9 Å². The molecule has 2 aliphatic heterocycles. The van der Waals surface area contributed by atoms with E-state index in [4.69, 9.17) is 10.5 Å². The highest BCUT2D eigenvalue weighted by Gasteiger charge is 2.49. The highest BCUT2D eigenvalue weighted by molar-refractivity contribution is 6.05. The molecule has 20 heavy (non-hydrogen) atoms. The summed E-state index contributed by atoms with van der Waals surface area (Å²) in [4.78, 5) is 20.3. The number of urea groups is 1. The molecule has 0 aliphatic carbocycles. The van der Waals surface area contributed by atoms with Crippen LogP contribution in [0.4, 0.5) is 4.79 Å². The Labute approximate surface area is 121 Å². The summed E-state index contributed by atoms with van der Waals surface area (Å²) in [5.41, 5.74) is 5.70. The number of nitrogens with zero attached hydrogens (tertiary/aromatic N) is 3. The summed E-state index contributed by atoms with van der Waals surface area (Å²) in [5, 5.41) is 0. The van der Waals surface area contributed by atoms with Crippen LogP contribution in [0.1, 0.15) is 26.7 Å². The van der Waals surface area contributed by atoms with E-state index in [1.165, 1.54) is 0 Å². The van der Waals surface area contributed by atoms with E-state index < -0.39 is 0 Å². The molecule has 2 heterocycles. The number of amides is 2. The van der Waals surface area contributed by atoms with Crippen LogP contribution in [0.5, 0.6) is 0 Å². The Bertz CT molecular complexity index is 387. The third kappa shape index (κ3) is 2.81. The average Bonchev–Trinajstić information content (AvgIpc) is 2.61. The van der Waals surface area contributed by atoms with Gasteiger partial charge in [0.15, 0.2) is 0 Å². The largest absolute Gasteiger partial charge is 0.385 e. The molecule has 0 aromatic heterocycles. The van der Waals surface area contributed by atoms with Crippen molar-refractivity contribution < 1.29 is 9.53 Å². The van der Waals surface area contributed by atoms with Crippen LogP contribution >= 0.6 is 0 Å². The smallest absolute Gasteiger partial charge is 0.346 e. The predicted octanol–water partition coefficient (Wildman–Crippen LogP) is 0.916. The maximum Gasteiger partial charge on any atom is 0.346 e. The van der Waals surface area contributed by atoms with Crippen molar-refractivity contribution in [3.8, 4) is 0 Å². The first-order valence-corrected chi connectivity index (χ1v) is 7.37. The molecule has 0 unspecified atom stereocenters. The minimum Gasteiger partial charge on any atom is -0.385 e. The topological polar surface area (TPSA) is 71.2 Å². The van der Waals surface area contributed by atoms with Crippen LogP contribution in [0.2, 0.25) is 0 Å². The number of rotatable bonds is 5. The van der Waals surface area contributed by atoms with E-state index in [0.29, 0.717) is 24.9 Å². The molecule has 1 fully saturated rings. The first-order chi connectivity index (χ1) is 9.49. The maximum atomic E-state index is 12.0. The van der Waals surface area contributed by atoms with Gasteiger partial charge < -0.3 is 20.3 Å². The fraction of sp³-hybridized carbons (Fsp3) is 0.857. The normalized spacial score (nSPS) is 22.9. The fourth-order valence-corrected chi connectivity index (χ4v) is 3.23. The van der Waals surface area contributed by atoms with Gasteiger partial charge in [-0.2, -0.15) is 4.99 Å². The number of hydrogen-bond donors (Lipinski definition) is 1. The Morgan fingerprint density at radius 2 is 2.05 bits per heavy atom. The monoisotopic (exact) mass is 282 g/mol. The van der Waals surface area contributed by atoms with Gasteiger partial charge in [0.25, 0.3) is 0 Å². The molecule has 0 saturated carbocycles. The van der Waals surface area contributed by atoms with E-state index in [1.807, 2.05) is 0 Å². The zero-order chi connectivity index (χ0) is 14.8. The molecule has 6 heteroatoms. The molecule has 0 atom stereocenters. The molecule has 1 spiro atoms. The van der Waals surface area contributed by atoms with E-state index in [0.717, 1.165) is 32.5 Å². The molecule has 2 amide bonds. The number of hydrogen-bond acceptors (Lipinski definition) is 4. The molecule has 2 aliphatic rings. The summed E-state index contributed by atoms with van der Waals surface area (Å²) < 4.78 is 5.10. The number of likely N-dealkylation sites (tertiary alicyclic amines) is 1. The molecule has 1 saturated heterocycles. The second kappa shape index (κ2) is 6.10. The number of amidine groups is 1. The van der Waals surface area contributed by atoms with Crippen molar-refractivity contribution in [1.29, 1.82) is 0 Å². The van der Waals surface area contributed by atoms with E-state index in [1.54, 1.807) is 12.0 Å². The average molecular weight is 282 g/mol. The number of nitrogens with two attached hydrogens (primary N) is 1. The van der Waals surface area contributed by atoms with Crippen molar-refractivity contribution in [2.45, 2.75) is 32.2 Å². The summed E-state index contributed by atoms with van der Waals surface area (Å²) in [6.07, 6.45) is 1.73. The maximum absolute atomic E-state index is 12.0. The van der Waals surface area contributed by atoms with Gasteiger partial charge in [-0.15, -0.1) is 0 Å². The number of ether oxygens (including phenoxy) is 1. The van der Waals surface area contributed by atoms with Gasteiger partial charge in [0.1, 0.15) is 11.4 Å². The molecule has 0 bridgehead atoms. The quantitative estimate of drug-likeness (QED) is 0.814. The Balaban J connectivity index is 2.05. The first-order valence-electron chi connectivity index (χ1n) is 7.37. The Hall–Kier alpha value is -1.14. The van der Waals surface area contributed by atoms with Crippen LogP contribution in [0.15, 0.2) is 4.99 Å². The molecular formula is C14H26N4O2. The van der Waals surface area contributed by atoms with Crippen molar-refractivity contribution in [1.82, 2.24) is 9.80 Å². The van der Waals surface area contributed by atoms with Crippen LogP contribution in [-0.2, 0) is 4.74 Å². The van der Waals surface area contributed by atoms with E-state index in [2.05, 4.69) is 23.7 Å². The molecule has 0 aromatic rings. The summed E-state index contributed by atoms with van der Waals surface area (Å²) in [6, 6.07) is -0.211. The summed E-state index contributed by atoms with van der Waals surface area (Å²) >= 11 is 0. The SMILES string of the molecule is COCCN1C(=O)N=C(N)C12CCN(CC(C)C)CC2. The lowest BCUT2D eigenvalue weighted by atomic mass is 9.85. The van der Waals surface area contributed by atoms with Crippen LogP contribution in [0.3, 0.4) is 0 Å². The van der Waals surface area contributed by atoms with Crippen molar-refractivity contribution in [2.24, 2.45) is 16.6 Å². The minimum absolute atomic E-state index is 0.211. The lowest BCUT2D eigenvalue weighted by Crippen LogP contribution is -2.60. The van der Waals surface area contributed by atoms with Gasteiger partial charge in [0.05, 0.1) is 6.61 Å². The van der Waals surface area contributed by atoms with Crippen LogP contribution in [-0.4, -0.2) is 67.1 Å². The van der Waals surface area contributed by atoms with Gasteiger partial charge >= 0.3 is 6.03 Å². The summed E-state index contributed by atoms with van der Waals surface area (Å²) in [6.45, 7) is 8.56. The third-order valence-electron chi connectivity index (χ3n) is 4.27. The lowest BCUT2D eigenvalue weighted by Gasteiger charge is -2.44. The first kappa shape index (κ1) is 15.3. The van der Waals surface area contributed by atoms with E-state index in [-0.39, 0.29) is 11.6 Å². The van der Waals surface area contributed by atoms with Gasteiger partial charge in [0.2, 0.25) is 0 Å². The summed E-state index contributed by atoms with van der Waals surface area (Å²) in [7, 11) is 1.64. The van der Waals surface area contributed by atoms with E-state index in [9.17, 15) is 4.79 Å². The second-order valence-corrected chi connectivity index (χ2v) is 6.15. The minimum atomic E-state index is -0.372. The van der Waals surface area contributed by atoms with Crippen LogP contribution < -0.4 is 5.73 Å². The zero-order valence-corrected chi connectivity index (χ0v) is 12.8. The van der Waals surface area contributed by atoms with Crippen LogP contribution in [0.25, 0.3) is 0 Å². The molecular weight excluding hydrogens is 256 g/mol. The molecule has 114 valence electrons.